The summed E-state index contributed by atoms with van der Waals surface area (Å²) in [5.74, 6) is -0.223. The Morgan fingerprint density at radius 1 is 1.33 bits per heavy atom. The van der Waals surface area contributed by atoms with Crippen molar-refractivity contribution in [3.63, 3.8) is 0 Å². The second-order valence-electron chi connectivity index (χ2n) is 6.01. The van der Waals surface area contributed by atoms with Gasteiger partial charge in [0.15, 0.2) is 6.73 Å². The number of nitrogens with one attached hydrogen (secondary N) is 1. The van der Waals surface area contributed by atoms with Gasteiger partial charge in [-0.25, -0.2) is 4.68 Å². The quantitative estimate of drug-likeness (QED) is 0.557. The summed E-state index contributed by atoms with van der Waals surface area (Å²) in [6.07, 6.45) is 3.37. The molecule has 9 nitrogen and oxygen atoms in total. The third kappa shape index (κ3) is 3.85. The van der Waals surface area contributed by atoms with Crippen molar-refractivity contribution in [1.29, 1.82) is 0 Å². The van der Waals surface area contributed by atoms with Gasteiger partial charge in [-0.1, -0.05) is 0 Å². The fourth-order valence-electron chi connectivity index (χ4n) is 2.74. The molecule has 2 fully saturated rings. The lowest BCUT2D eigenvalue weighted by Gasteiger charge is -2.24. The molecule has 24 heavy (non-hydrogen) atoms. The molecule has 0 bridgehead atoms. The number of hydrogen-bond acceptors (Lipinski definition) is 7. The highest BCUT2D eigenvalue weighted by atomic mass is 16.5. The number of carbonyl (C=O) groups excluding carboxylic acids is 2. The van der Waals surface area contributed by atoms with Gasteiger partial charge in [-0.15, -0.1) is 0 Å². The molecule has 2 aliphatic rings. The molecule has 3 heterocycles. The molecule has 1 aromatic rings. The molecule has 1 aromatic heterocycles. The molecule has 2 aliphatic heterocycles. The molecule has 0 atom stereocenters. The van der Waals surface area contributed by atoms with Crippen molar-refractivity contribution in [3.8, 4) is 0 Å². The monoisotopic (exact) mass is 338 g/mol. The maximum absolute atomic E-state index is 12.2. The average molecular weight is 338 g/mol. The molecule has 0 spiro atoms. The Morgan fingerprint density at radius 2 is 2.08 bits per heavy atom. The maximum Gasteiger partial charge on any atom is 0.307 e. The number of aromatic nitrogens is 2. The van der Waals surface area contributed by atoms with Crippen LogP contribution in [0.2, 0.25) is 0 Å². The van der Waals surface area contributed by atoms with E-state index in [0.29, 0.717) is 38.7 Å². The van der Waals surface area contributed by atoms with Crippen LogP contribution in [0.5, 0.6) is 0 Å². The topological polar surface area (TPSA) is 118 Å². The van der Waals surface area contributed by atoms with E-state index >= 15 is 0 Å². The largest absolute Gasteiger partial charge is 0.444 e. The first kappa shape index (κ1) is 16.7. The van der Waals surface area contributed by atoms with Crippen LogP contribution in [0, 0.1) is 5.92 Å². The van der Waals surface area contributed by atoms with Gasteiger partial charge < -0.3 is 25.3 Å². The second kappa shape index (κ2) is 7.63. The van der Waals surface area contributed by atoms with E-state index in [0.717, 1.165) is 12.8 Å². The number of hydrogen-bond donors (Lipinski definition) is 2. The van der Waals surface area contributed by atoms with Gasteiger partial charge >= 0.3 is 5.97 Å². The van der Waals surface area contributed by atoms with Crippen LogP contribution >= 0.6 is 0 Å². The highest BCUT2D eigenvalue weighted by Crippen LogP contribution is 2.24. The number of amides is 1. The van der Waals surface area contributed by atoms with Crippen LogP contribution in [0.3, 0.4) is 0 Å². The summed E-state index contributed by atoms with van der Waals surface area (Å²) in [5, 5.41) is 6.74. The van der Waals surface area contributed by atoms with Crippen LogP contribution in [0.25, 0.3) is 0 Å². The number of nitrogen functional groups attached to an aromatic ring is 1. The Hall–Kier alpha value is -2.13. The lowest BCUT2D eigenvalue weighted by atomic mass is 10.1. The summed E-state index contributed by atoms with van der Waals surface area (Å²) >= 11 is 0. The van der Waals surface area contributed by atoms with E-state index < -0.39 is 5.91 Å². The lowest BCUT2D eigenvalue weighted by Crippen LogP contribution is -2.32. The molecule has 0 aromatic carbocycles. The van der Waals surface area contributed by atoms with Crippen LogP contribution in [0.4, 0.5) is 5.82 Å². The number of anilines is 1. The fourth-order valence-corrected chi connectivity index (χ4v) is 2.74. The molecule has 132 valence electrons. The summed E-state index contributed by atoms with van der Waals surface area (Å²) in [6.45, 7) is 2.31. The first-order valence-electron chi connectivity index (χ1n) is 8.07. The predicted molar refractivity (Wildman–Crippen MR) is 83.1 cm³/mol. The summed E-state index contributed by atoms with van der Waals surface area (Å²) in [5.41, 5.74) is 6.32. The van der Waals surface area contributed by atoms with E-state index in [1.54, 1.807) is 4.68 Å². The van der Waals surface area contributed by atoms with Crippen molar-refractivity contribution < 1.29 is 23.8 Å². The Morgan fingerprint density at radius 3 is 2.75 bits per heavy atom. The molecule has 0 radical (unpaired) electrons. The predicted octanol–water partition coefficient (Wildman–Crippen LogP) is 0.0838. The van der Waals surface area contributed by atoms with Crippen molar-refractivity contribution in [3.05, 3.63) is 11.8 Å². The van der Waals surface area contributed by atoms with E-state index in [-0.39, 0.29) is 30.2 Å². The first-order chi connectivity index (χ1) is 11.6. The minimum absolute atomic E-state index is 0.142. The highest BCUT2D eigenvalue weighted by molar-refractivity contribution is 5.98. The van der Waals surface area contributed by atoms with Crippen molar-refractivity contribution in [1.82, 2.24) is 15.1 Å². The van der Waals surface area contributed by atoms with E-state index in [9.17, 15) is 9.59 Å². The summed E-state index contributed by atoms with van der Waals surface area (Å²) in [7, 11) is 0. The highest BCUT2D eigenvalue weighted by Gasteiger charge is 2.24. The molecule has 2 saturated heterocycles. The van der Waals surface area contributed by atoms with Crippen LogP contribution in [-0.4, -0.2) is 54.8 Å². The Bertz CT molecular complexity index is 593. The van der Waals surface area contributed by atoms with Gasteiger partial charge in [-0.3, -0.25) is 9.59 Å². The Labute approximate surface area is 139 Å². The van der Waals surface area contributed by atoms with Crippen LogP contribution in [0.15, 0.2) is 6.20 Å². The summed E-state index contributed by atoms with van der Waals surface area (Å²) in [4.78, 5) is 23.7. The van der Waals surface area contributed by atoms with Gasteiger partial charge in [0.2, 0.25) is 0 Å². The SMILES string of the molecule is Nc1c(C(=O)NCOC(=O)CC2COC2)cnn1C1CCOCC1. The van der Waals surface area contributed by atoms with Gasteiger partial charge in [0.25, 0.3) is 5.91 Å². The normalized spacial score (nSPS) is 18.8. The van der Waals surface area contributed by atoms with Gasteiger partial charge in [0.1, 0.15) is 11.4 Å². The van der Waals surface area contributed by atoms with Gasteiger partial charge in [0.05, 0.1) is 31.9 Å². The Balaban J connectivity index is 1.47. The molecule has 1 amide bonds. The zero-order valence-corrected chi connectivity index (χ0v) is 13.4. The first-order valence-corrected chi connectivity index (χ1v) is 8.07. The minimum atomic E-state index is -0.411. The van der Waals surface area contributed by atoms with E-state index in [4.69, 9.17) is 19.9 Å². The lowest BCUT2D eigenvalue weighted by molar-refractivity contribution is -0.149. The number of rotatable bonds is 6. The summed E-state index contributed by atoms with van der Waals surface area (Å²) < 4.78 is 17.0. The molecule has 3 N–H and O–H groups in total. The smallest absolute Gasteiger partial charge is 0.307 e. The third-order valence-electron chi connectivity index (χ3n) is 4.24. The number of ether oxygens (including phenoxy) is 3. The number of nitrogens with two attached hydrogens (primary N) is 1. The van der Waals surface area contributed by atoms with E-state index in [1.807, 2.05) is 0 Å². The van der Waals surface area contributed by atoms with Crippen LogP contribution < -0.4 is 11.1 Å². The number of nitrogens with zero attached hydrogens (tertiary/aromatic N) is 2. The molecule has 0 unspecified atom stereocenters. The van der Waals surface area contributed by atoms with Crippen molar-refractivity contribution in [2.24, 2.45) is 5.92 Å². The van der Waals surface area contributed by atoms with Gasteiger partial charge in [-0.2, -0.15) is 5.10 Å². The van der Waals surface area contributed by atoms with Crippen LogP contribution in [0.1, 0.15) is 35.7 Å². The zero-order chi connectivity index (χ0) is 16.9. The molecular formula is C15H22N4O5. The second-order valence-corrected chi connectivity index (χ2v) is 6.01. The third-order valence-corrected chi connectivity index (χ3v) is 4.24. The standard InChI is InChI=1S/C15H22N4O5/c16-14-12(6-18-19(14)11-1-3-22-4-2-11)15(21)17-9-24-13(20)5-10-7-23-8-10/h6,10-11H,1-5,7-9,16H2,(H,17,21). The van der Waals surface area contributed by atoms with Crippen molar-refractivity contribution in [2.75, 3.05) is 38.9 Å². The zero-order valence-electron chi connectivity index (χ0n) is 13.4. The van der Waals surface area contributed by atoms with Gasteiger partial charge in [-0.05, 0) is 12.8 Å². The summed E-state index contributed by atoms with van der Waals surface area (Å²) in [6, 6.07) is 0.142. The van der Waals surface area contributed by atoms with E-state index in [1.165, 1.54) is 6.20 Å². The van der Waals surface area contributed by atoms with Crippen molar-refractivity contribution >= 4 is 17.7 Å². The molecule has 0 aliphatic carbocycles. The Kier molecular flexibility index (Phi) is 5.31. The van der Waals surface area contributed by atoms with E-state index in [2.05, 4.69) is 10.4 Å². The molecular weight excluding hydrogens is 316 g/mol. The number of carbonyl (C=O) groups is 2. The minimum Gasteiger partial charge on any atom is -0.444 e. The maximum atomic E-state index is 12.2. The van der Waals surface area contributed by atoms with Crippen LogP contribution in [-0.2, 0) is 19.0 Å². The molecule has 9 heteroatoms. The average Bonchev–Trinajstić information content (AvgIpc) is 2.93. The fraction of sp³-hybridized carbons (Fsp3) is 0.667. The molecule has 3 rings (SSSR count). The van der Waals surface area contributed by atoms with Crippen molar-refractivity contribution in [2.45, 2.75) is 25.3 Å². The van der Waals surface area contributed by atoms with Gasteiger partial charge in [0, 0.05) is 19.1 Å². The number of esters is 1. The molecule has 0 saturated carbocycles.